The van der Waals surface area contributed by atoms with Crippen molar-refractivity contribution < 1.29 is 4.79 Å². The number of amides is 1. The highest BCUT2D eigenvalue weighted by molar-refractivity contribution is 6.30. The van der Waals surface area contributed by atoms with Crippen molar-refractivity contribution in [1.82, 2.24) is 9.80 Å². The molecule has 2 aliphatic heterocycles. The van der Waals surface area contributed by atoms with E-state index in [4.69, 9.17) is 11.6 Å². The quantitative estimate of drug-likeness (QED) is 0.818. The molecule has 4 rings (SSSR count). The lowest BCUT2D eigenvalue weighted by atomic mass is 9.91. The van der Waals surface area contributed by atoms with Crippen molar-refractivity contribution in [1.29, 1.82) is 0 Å². The Balaban J connectivity index is 1.54. The summed E-state index contributed by atoms with van der Waals surface area (Å²) in [7, 11) is 0. The van der Waals surface area contributed by atoms with Crippen molar-refractivity contribution in [3.05, 3.63) is 34.9 Å². The van der Waals surface area contributed by atoms with Crippen LogP contribution >= 0.6 is 11.6 Å². The van der Waals surface area contributed by atoms with Gasteiger partial charge in [0.05, 0.1) is 0 Å². The van der Waals surface area contributed by atoms with Gasteiger partial charge in [-0.3, -0.25) is 9.69 Å². The maximum absolute atomic E-state index is 13.1. The van der Waals surface area contributed by atoms with Crippen molar-refractivity contribution >= 4 is 17.5 Å². The first-order valence-corrected chi connectivity index (χ1v) is 9.91. The van der Waals surface area contributed by atoms with Gasteiger partial charge >= 0.3 is 0 Å². The molecule has 130 valence electrons. The summed E-state index contributed by atoms with van der Waals surface area (Å²) in [6.07, 6.45) is 8.87. The van der Waals surface area contributed by atoms with E-state index >= 15 is 0 Å². The highest BCUT2D eigenvalue weighted by Crippen LogP contribution is 2.35. The number of hydrogen-bond acceptors (Lipinski definition) is 2. The van der Waals surface area contributed by atoms with E-state index < -0.39 is 0 Å². The lowest BCUT2D eigenvalue weighted by Crippen LogP contribution is -2.56. The summed E-state index contributed by atoms with van der Waals surface area (Å²) in [5, 5.41) is 0.688. The van der Waals surface area contributed by atoms with E-state index in [2.05, 4.69) is 9.80 Å². The minimum absolute atomic E-state index is 0.189. The lowest BCUT2D eigenvalue weighted by molar-refractivity contribution is 0.0327. The van der Waals surface area contributed by atoms with Gasteiger partial charge in [-0.1, -0.05) is 18.0 Å². The van der Waals surface area contributed by atoms with E-state index in [9.17, 15) is 4.79 Å². The molecule has 0 radical (unpaired) electrons. The van der Waals surface area contributed by atoms with E-state index in [1.54, 1.807) is 0 Å². The number of likely N-dealkylation sites (tertiary alicyclic amines) is 2. The Bertz CT molecular complexity index is 584. The molecule has 1 aromatic carbocycles. The van der Waals surface area contributed by atoms with Crippen LogP contribution in [0, 0.1) is 5.92 Å². The zero-order valence-electron chi connectivity index (χ0n) is 14.3. The van der Waals surface area contributed by atoms with Crippen LogP contribution in [0.15, 0.2) is 24.3 Å². The van der Waals surface area contributed by atoms with Gasteiger partial charge in [-0.25, -0.2) is 0 Å². The number of benzene rings is 1. The Labute approximate surface area is 150 Å². The molecule has 2 heterocycles. The van der Waals surface area contributed by atoms with Gasteiger partial charge in [0.1, 0.15) is 0 Å². The first-order valence-electron chi connectivity index (χ1n) is 9.53. The molecule has 0 N–H and O–H groups in total. The molecule has 3 nitrogen and oxygen atoms in total. The van der Waals surface area contributed by atoms with Crippen molar-refractivity contribution in [2.24, 2.45) is 5.92 Å². The molecule has 1 aromatic rings. The molecule has 3 fully saturated rings. The second kappa shape index (κ2) is 7.05. The van der Waals surface area contributed by atoms with Gasteiger partial charge in [0.2, 0.25) is 0 Å². The smallest absolute Gasteiger partial charge is 0.254 e. The molecule has 24 heavy (non-hydrogen) atoms. The number of carbonyl (C=O) groups is 1. The van der Waals surface area contributed by atoms with Crippen molar-refractivity contribution in [2.45, 2.75) is 57.0 Å². The third-order valence-corrected chi connectivity index (χ3v) is 6.20. The minimum atomic E-state index is 0.189. The second-order valence-electron chi connectivity index (χ2n) is 7.72. The normalized spacial score (nSPS) is 28.3. The van der Waals surface area contributed by atoms with Gasteiger partial charge in [-0.15, -0.1) is 0 Å². The number of rotatable bonds is 3. The average molecular weight is 347 g/mol. The van der Waals surface area contributed by atoms with Gasteiger partial charge in [-0.2, -0.15) is 0 Å². The predicted molar refractivity (Wildman–Crippen MR) is 97.4 cm³/mol. The Kier molecular flexibility index (Phi) is 4.82. The molecular formula is C20H27ClN2O. The molecule has 1 saturated carbocycles. The summed E-state index contributed by atoms with van der Waals surface area (Å²) in [6.45, 7) is 3.38. The SMILES string of the molecule is O=C(c1ccc(Cl)cc1)N1CCC[C@@H]2[C@H]1CCCCN2CC1CC1. The first kappa shape index (κ1) is 16.4. The number of carbonyl (C=O) groups excluding carboxylic acids is 1. The Hall–Kier alpha value is -1.06. The van der Waals surface area contributed by atoms with Crippen LogP contribution in [0.25, 0.3) is 0 Å². The van der Waals surface area contributed by atoms with Crippen LogP contribution in [0.1, 0.15) is 55.3 Å². The molecule has 1 amide bonds. The Morgan fingerprint density at radius 1 is 0.958 bits per heavy atom. The molecule has 0 unspecified atom stereocenters. The van der Waals surface area contributed by atoms with Crippen LogP contribution in [-0.4, -0.2) is 47.4 Å². The standard InChI is InChI=1S/C20H27ClN2O/c21-17-10-8-16(9-11-17)20(24)23-13-3-5-18-19(23)4-1-2-12-22(18)14-15-6-7-15/h8-11,15,18-19H,1-7,12-14H2/t18-,19-/m1/s1. The molecule has 0 aromatic heterocycles. The van der Waals surface area contributed by atoms with Gasteiger partial charge in [-0.05, 0) is 75.3 Å². The first-order chi connectivity index (χ1) is 11.7. The molecule has 2 atom stereocenters. The summed E-state index contributed by atoms with van der Waals surface area (Å²) in [6, 6.07) is 8.34. The Morgan fingerprint density at radius 2 is 1.71 bits per heavy atom. The molecule has 1 aliphatic carbocycles. The largest absolute Gasteiger partial charge is 0.334 e. The second-order valence-corrected chi connectivity index (χ2v) is 8.15. The van der Waals surface area contributed by atoms with Crippen molar-refractivity contribution in [2.75, 3.05) is 19.6 Å². The Morgan fingerprint density at radius 3 is 2.46 bits per heavy atom. The van der Waals surface area contributed by atoms with Crippen LogP contribution in [0.2, 0.25) is 5.02 Å². The fourth-order valence-electron chi connectivity index (χ4n) is 4.51. The summed E-state index contributed by atoms with van der Waals surface area (Å²) in [4.78, 5) is 18.0. The van der Waals surface area contributed by atoms with Crippen LogP contribution in [-0.2, 0) is 0 Å². The maximum Gasteiger partial charge on any atom is 0.254 e. The van der Waals surface area contributed by atoms with Gasteiger partial charge in [0.25, 0.3) is 5.91 Å². The topological polar surface area (TPSA) is 23.6 Å². The third kappa shape index (κ3) is 3.48. The summed E-state index contributed by atoms with van der Waals surface area (Å²) in [5.41, 5.74) is 0.776. The van der Waals surface area contributed by atoms with E-state index in [1.165, 1.54) is 45.2 Å². The molecule has 4 heteroatoms. The number of hydrogen-bond donors (Lipinski definition) is 0. The minimum Gasteiger partial charge on any atom is -0.334 e. The molecule has 0 bridgehead atoms. The monoisotopic (exact) mass is 346 g/mol. The lowest BCUT2D eigenvalue weighted by Gasteiger charge is -2.45. The highest BCUT2D eigenvalue weighted by Gasteiger charge is 2.40. The molecule has 2 saturated heterocycles. The van der Waals surface area contributed by atoms with Crippen LogP contribution in [0.3, 0.4) is 0 Å². The van der Waals surface area contributed by atoms with Gasteiger partial charge < -0.3 is 4.90 Å². The fraction of sp³-hybridized carbons (Fsp3) is 0.650. The number of nitrogens with zero attached hydrogens (tertiary/aromatic N) is 2. The summed E-state index contributed by atoms with van der Waals surface area (Å²) >= 11 is 5.98. The summed E-state index contributed by atoms with van der Waals surface area (Å²) < 4.78 is 0. The summed E-state index contributed by atoms with van der Waals surface area (Å²) in [5.74, 6) is 1.11. The molecule has 3 aliphatic rings. The van der Waals surface area contributed by atoms with Crippen molar-refractivity contribution in [3.63, 3.8) is 0 Å². The van der Waals surface area contributed by atoms with E-state index in [0.29, 0.717) is 17.1 Å². The van der Waals surface area contributed by atoms with Crippen molar-refractivity contribution in [3.8, 4) is 0 Å². The highest BCUT2D eigenvalue weighted by atomic mass is 35.5. The number of piperidine rings is 1. The van der Waals surface area contributed by atoms with E-state index in [0.717, 1.165) is 30.9 Å². The van der Waals surface area contributed by atoms with E-state index in [1.807, 2.05) is 24.3 Å². The van der Waals surface area contributed by atoms with Gasteiger partial charge in [0.15, 0.2) is 0 Å². The maximum atomic E-state index is 13.1. The predicted octanol–water partition coefficient (Wildman–Crippen LogP) is 4.21. The van der Waals surface area contributed by atoms with Gasteiger partial charge in [0, 0.05) is 35.8 Å². The van der Waals surface area contributed by atoms with Crippen LogP contribution in [0.4, 0.5) is 0 Å². The van der Waals surface area contributed by atoms with E-state index in [-0.39, 0.29) is 5.91 Å². The molecular weight excluding hydrogens is 320 g/mol. The average Bonchev–Trinajstić information content (AvgIpc) is 3.43. The number of fused-ring (bicyclic) bond motifs is 1. The number of halogens is 1. The molecule has 0 spiro atoms. The zero-order valence-corrected chi connectivity index (χ0v) is 15.0. The van der Waals surface area contributed by atoms with Crippen LogP contribution < -0.4 is 0 Å². The zero-order chi connectivity index (χ0) is 16.5. The fourth-order valence-corrected chi connectivity index (χ4v) is 4.64. The van der Waals surface area contributed by atoms with Crippen LogP contribution in [0.5, 0.6) is 0 Å². The third-order valence-electron chi connectivity index (χ3n) is 5.95.